The van der Waals surface area contributed by atoms with Crippen LogP contribution in [0.25, 0.3) is 0 Å². The largest absolute Gasteiger partial charge is 0.491 e. The number of nitrogens with one attached hydrogen (secondary N) is 1. The lowest BCUT2D eigenvalue weighted by Gasteiger charge is -2.13. The van der Waals surface area contributed by atoms with Gasteiger partial charge in [0.25, 0.3) is 5.91 Å². The van der Waals surface area contributed by atoms with Crippen molar-refractivity contribution in [3.8, 4) is 5.75 Å². The van der Waals surface area contributed by atoms with Crippen LogP contribution in [0.1, 0.15) is 24.2 Å². The van der Waals surface area contributed by atoms with E-state index in [1.165, 1.54) is 6.07 Å². The van der Waals surface area contributed by atoms with Crippen LogP contribution in [-0.2, 0) is 4.79 Å². The third kappa shape index (κ3) is 4.59. The first-order chi connectivity index (χ1) is 8.93. The maximum Gasteiger partial charge on any atom is 0.328 e. The molecule has 1 aromatic rings. The fourth-order valence-corrected chi connectivity index (χ4v) is 1.41. The van der Waals surface area contributed by atoms with E-state index in [9.17, 15) is 9.59 Å². The zero-order valence-corrected chi connectivity index (χ0v) is 10.8. The second-order valence-electron chi connectivity index (χ2n) is 4.24. The fourth-order valence-electron chi connectivity index (χ4n) is 1.41. The zero-order valence-electron chi connectivity index (χ0n) is 10.8. The van der Waals surface area contributed by atoms with Gasteiger partial charge in [0, 0.05) is 5.56 Å². The Hall–Kier alpha value is -2.08. The van der Waals surface area contributed by atoms with Gasteiger partial charge < -0.3 is 20.3 Å². The molecule has 6 heteroatoms. The second-order valence-corrected chi connectivity index (χ2v) is 4.24. The average Bonchev–Trinajstić information content (AvgIpc) is 2.34. The third-order valence-corrected chi connectivity index (χ3v) is 2.25. The van der Waals surface area contributed by atoms with Crippen LogP contribution >= 0.6 is 0 Å². The van der Waals surface area contributed by atoms with Crippen molar-refractivity contribution < 1.29 is 24.5 Å². The van der Waals surface area contributed by atoms with Crippen LogP contribution in [0.3, 0.4) is 0 Å². The second kappa shape index (κ2) is 6.75. The van der Waals surface area contributed by atoms with Crippen LogP contribution in [0.15, 0.2) is 24.3 Å². The number of carbonyl (C=O) groups excluding carboxylic acids is 1. The smallest absolute Gasteiger partial charge is 0.328 e. The van der Waals surface area contributed by atoms with Crippen LogP contribution in [0.4, 0.5) is 0 Å². The summed E-state index contributed by atoms with van der Waals surface area (Å²) in [5, 5.41) is 19.8. The number of hydrogen-bond acceptors (Lipinski definition) is 4. The van der Waals surface area contributed by atoms with E-state index in [0.29, 0.717) is 5.75 Å². The Balaban J connectivity index is 2.79. The molecule has 0 radical (unpaired) electrons. The maximum absolute atomic E-state index is 11.8. The molecule has 104 valence electrons. The molecule has 19 heavy (non-hydrogen) atoms. The number of rotatable bonds is 6. The van der Waals surface area contributed by atoms with Crippen molar-refractivity contribution in [3.63, 3.8) is 0 Å². The summed E-state index contributed by atoms with van der Waals surface area (Å²) < 4.78 is 5.44. The maximum atomic E-state index is 11.8. The van der Waals surface area contributed by atoms with Crippen molar-refractivity contribution in [3.05, 3.63) is 29.8 Å². The first-order valence-electron chi connectivity index (χ1n) is 5.85. The zero-order chi connectivity index (χ0) is 14.4. The molecule has 0 saturated carbocycles. The number of aliphatic hydroxyl groups is 1. The van der Waals surface area contributed by atoms with E-state index in [0.717, 1.165) is 0 Å². The molecule has 0 unspecified atom stereocenters. The number of benzene rings is 1. The quantitative estimate of drug-likeness (QED) is 0.703. The lowest BCUT2D eigenvalue weighted by Crippen LogP contribution is -2.43. The number of amides is 1. The highest BCUT2D eigenvalue weighted by molar-refractivity contribution is 5.96. The third-order valence-electron chi connectivity index (χ3n) is 2.25. The molecule has 0 aliphatic rings. The number of aliphatic carboxylic acids is 1. The Labute approximate surface area is 111 Å². The minimum absolute atomic E-state index is 0.0254. The first kappa shape index (κ1) is 15.0. The van der Waals surface area contributed by atoms with Crippen molar-refractivity contribution >= 4 is 11.9 Å². The van der Waals surface area contributed by atoms with Crippen molar-refractivity contribution in [1.29, 1.82) is 0 Å². The van der Waals surface area contributed by atoms with Crippen LogP contribution in [0.2, 0.25) is 0 Å². The Bertz CT molecular complexity index is 458. The van der Waals surface area contributed by atoms with Gasteiger partial charge in [-0.25, -0.2) is 4.79 Å². The van der Waals surface area contributed by atoms with E-state index < -0.39 is 24.5 Å². The van der Waals surface area contributed by atoms with Gasteiger partial charge in [0.05, 0.1) is 12.7 Å². The normalized spacial score (nSPS) is 12.0. The van der Waals surface area contributed by atoms with Gasteiger partial charge in [-0.2, -0.15) is 0 Å². The number of carboxylic acid groups (broad SMARTS) is 1. The molecule has 6 nitrogen and oxygen atoms in total. The Morgan fingerprint density at radius 2 is 2.05 bits per heavy atom. The predicted molar refractivity (Wildman–Crippen MR) is 68.2 cm³/mol. The van der Waals surface area contributed by atoms with Crippen molar-refractivity contribution in [2.45, 2.75) is 26.0 Å². The standard InChI is InChI=1S/C13H17NO5/c1-8(2)19-10-5-3-4-9(6-10)12(16)14-11(7-15)13(17)18/h3-6,8,11,15H,7H2,1-2H3,(H,14,16)(H,17,18)/t11-/m1/s1. The Morgan fingerprint density at radius 1 is 1.37 bits per heavy atom. The van der Waals surface area contributed by atoms with Gasteiger partial charge in [0.2, 0.25) is 0 Å². The first-order valence-corrected chi connectivity index (χ1v) is 5.85. The number of aliphatic hydroxyl groups excluding tert-OH is 1. The topological polar surface area (TPSA) is 95.9 Å². The number of ether oxygens (including phenoxy) is 1. The van der Waals surface area contributed by atoms with E-state index in [4.69, 9.17) is 14.9 Å². The molecule has 0 aromatic heterocycles. The van der Waals surface area contributed by atoms with Gasteiger partial charge in [0.1, 0.15) is 5.75 Å². The molecule has 1 rings (SSSR count). The summed E-state index contributed by atoms with van der Waals surface area (Å²) in [6.07, 6.45) is -0.0254. The molecule has 0 aliphatic heterocycles. The Morgan fingerprint density at radius 3 is 2.58 bits per heavy atom. The predicted octanol–water partition coefficient (Wildman–Crippen LogP) is 0.649. The van der Waals surface area contributed by atoms with Crippen molar-refractivity contribution in [1.82, 2.24) is 5.32 Å². The summed E-state index contributed by atoms with van der Waals surface area (Å²) in [6.45, 7) is 3.06. The fraction of sp³-hybridized carbons (Fsp3) is 0.385. The summed E-state index contributed by atoms with van der Waals surface area (Å²) in [7, 11) is 0. The minimum atomic E-state index is -1.32. The molecule has 0 heterocycles. The molecule has 0 spiro atoms. The monoisotopic (exact) mass is 267 g/mol. The van der Waals surface area contributed by atoms with E-state index in [1.54, 1.807) is 18.2 Å². The Kier molecular flexibility index (Phi) is 5.32. The molecule has 1 aromatic carbocycles. The highest BCUT2D eigenvalue weighted by atomic mass is 16.5. The number of carboxylic acids is 1. The SMILES string of the molecule is CC(C)Oc1cccc(C(=O)N[C@H](CO)C(=O)O)c1. The lowest BCUT2D eigenvalue weighted by atomic mass is 10.2. The molecule has 1 atom stereocenters. The molecular weight excluding hydrogens is 250 g/mol. The summed E-state index contributed by atoms with van der Waals surface area (Å²) in [5.74, 6) is -1.33. The molecule has 3 N–H and O–H groups in total. The van der Waals surface area contributed by atoms with E-state index in [1.807, 2.05) is 13.8 Å². The summed E-state index contributed by atoms with van der Waals surface area (Å²) in [6, 6.07) is 5.09. The van der Waals surface area contributed by atoms with Gasteiger partial charge in [-0.05, 0) is 32.0 Å². The lowest BCUT2D eigenvalue weighted by molar-refractivity contribution is -0.140. The summed E-state index contributed by atoms with van der Waals surface area (Å²) in [4.78, 5) is 22.5. The van der Waals surface area contributed by atoms with E-state index >= 15 is 0 Å². The van der Waals surface area contributed by atoms with Gasteiger partial charge in [0.15, 0.2) is 6.04 Å². The molecule has 0 bridgehead atoms. The minimum Gasteiger partial charge on any atom is -0.491 e. The van der Waals surface area contributed by atoms with E-state index in [-0.39, 0.29) is 11.7 Å². The van der Waals surface area contributed by atoms with Crippen molar-refractivity contribution in [2.75, 3.05) is 6.61 Å². The molecule has 1 amide bonds. The molecule has 0 aliphatic carbocycles. The van der Waals surface area contributed by atoms with Crippen LogP contribution in [-0.4, -0.2) is 40.8 Å². The summed E-state index contributed by atoms with van der Waals surface area (Å²) >= 11 is 0. The van der Waals surface area contributed by atoms with Gasteiger partial charge >= 0.3 is 5.97 Å². The van der Waals surface area contributed by atoms with Crippen LogP contribution < -0.4 is 10.1 Å². The number of hydrogen-bond donors (Lipinski definition) is 3. The number of carbonyl (C=O) groups is 2. The average molecular weight is 267 g/mol. The molecule has 0 saturated heterocycles. The van der Waals surface area contributed by atoms with Gasteiger partial charge in [-0.1, -0.05) is 6.07 Å². The highest BCUT2D eigenvalue weighted by Gasteiger charge is 2.19. The molecular formula is C13H17NO5. The van der Waals surface area contributed by atoms with Gasteiger partial charge in [-0.15, -0.1) is 0 Å². The van der Waals surface area contributed by atoms with Crippen molar-refractivity contribution in [2.24, 2.45) is 0 Å². The highest BCUT2D eigenvalue weighted by Crippen LogP contribution is 2.15. The van der Waals surface area contributed by atoms with E-state index in [2.05, 4.69) is 5.32 Å². The summed E-state index contributed by atoms with van der Waals surface area (Å²) in [5.41, 5.74) is 0.276. The van der Waals surface area contributed by atoms with Crippen LogP contribution in [0.5, 0.6) is 5.75 Å². The van der Waals surface area contributed by atoms with Gasteiger partial charge in [-0.3, -0.25) is 4.79 Å². The molecule has 0 fully saturated rings. The van der Waals surface area contributed by atoms with Crippen LogP contribution in [0, 0.1) is 0 Å².